The monoisotopic (exact) mass is 206 g/mol. The fourth-order valence-electron chi connectivity index (χ4n) is 2.27. The Hall–Kier alpha value is -0.630. The van der Waals surface area contributed by atoms with E-state index in [0.29, 0.717) is 11.7 Å². The third-order valence-corrected chi connectivity index (χ3v) is 4.36. The minimum atomic E-state index is 0.385. The van der Waals surface area contributed by atoms with Gasteiger partial charge in [0.2, 0.25) is 0 Å². The lowest BCUT2D eigenvalue weighted by molar-refractivity contribution is 0.0967. The maximum Gasteiger partial charge on any atom is 0.167 e. The van der Waals surface area contributed by atoms with E-state index in [-0.39, 0.29) is 0 Å². The standard InChI is InChI=1S/C12H14OS/c13-12(8-5-6-8)10-7-14-11-4-2-1-3-9(10)11/h7-8H,1-6H2. The van der Waals surface area contributed by atoms with Crippen molar-refractivity contribution in [3.63, 3.8) is 0 Å². The molecule has 1 fully saturated rings. The second kappa shape index (κ2) is 3.20. The molecule has 14 heavy (non-hydrogen) atoms. The molecule has 0 amide bonds. The van der Waals surface area contributed by atoms with Crippen molar-refractivity contribution in [3.8, 4) is 0 Å². The van der Waals surface area contributed by atoms with E-state index in [1.807, 2.05) is 0 Å². The SMILES string of the molecule is O=C(c1csc2c1CCCC2)C1CC1. The molecule has 0 unspecified atom stereocenters. The maximum atomic E-state index is 11.9. The van der Waals surface area contributed by atoms with Gasteiger partial charge in [-0.3, -0.25) is 4.79 Å². The van der Waals surface area contributed by atoms with Gasteiger partial charge in [0.05, 0.1) is 0 Å². The maximum absolute atomic E-state index is 11.9. The largest absolute Gasteiger partial charge is 0.294 e. The van der Waals surface area contributed by atoms with Crippen molar-refractivity contribution in [2.45, 2.75) is 38.5 Å². The predicted octanol–water partition coefficient (Wildman–Crippen LogP) is 3.22. The Bertz CT molecular complexity index is 374. The normalized spacial score (nSPS) is 20.6. The van der Waals surface area contributed by atoms with Crippen LogP contribution >= 0.6 is 11.3 Å². The number of carbonyl (C=O) groups is 1. The Labute approximate surface area is 88.1 Å². The molecule has 0 bridgehead atoms. The van der Waals surface area contributed by atoms with E-state index >= 15 is 0 Å². The molecule has 1 aromatic rings. The summed E-state index contributed by atoms with van der Waals surface area (Å²) in [7, 11) is 0. The summed E-state index contributed by atoms with van der Waals surface area (Å²) in [6.45, 7) is 0. The first-order valence-electron chi connectivity index (χ1n) is 5.49. The van der Waals surface area contributed by atoms with Crippen molar-refractivity contribution in [2.24, 2.45) is 5.92 Å². The summed E-state index contributed by atoms with van der Waals surface area (Å²) in [5, 5.41) is 2.11. The Morgan fingerprint density at radius 1 is 1.29 bits per heavy atom. The average Bonchev–Trinajstić information content (AvgIpc) is 2.97. The molecule has 0 aliphatic heterocycles. The average molecular weight is 206 g/mol. The van der Waals surface area contributed by atoms with Gasteiger partial charge in [0.15, 0.2) is 5.78 Å². The van der Waals surface area contributed by atoms with Crippen LogP contribution in [0.25, 0.3) is 0 Å². The van der Waals surface area contributed by atoms with Crippen LogP contribution in [0.4, 0.5) is 0 Å². The zero-order valence-electron chi connectivity index (χ0n) is 8.21. The minimum Gasteiger partial charge on any atom is -0.294 e. The second-order valence-electron chi connectivity index (χ2n) is 4.40. The van der Waals surface area contributed by atoms with E-state index in [0.717, 1.165) is 24.8 Å². The lowest BCUT2D eigenvalue weighted by Crippen LogP contribution is -2.07. The molecule has 1 heterocycles. The highest BCUT2D eigenvalue weighted by Crippen LogP contribution is 2.37. The van der Waals surface area contributed by atoms with Gasteiger partial charge in [-0.15, -0.1) is 11.3 Å². The van der Waals surface area contributed by atoms with Crippen molar-refractivity contribution < 1.29 is 4.79 Å². The van der Waals surface area contributed by atoms with Crippen molar-refractivity contribution in [3.05, 3.63) is 21.4 Å². The molecule has 1 aromatic heterocycles. The molecule has 0 spiro atoms. The van der Waals surface area contributed by atoms with Crippen LogP contribution in [-0.2, 0) is 12.8 Å². The molecular weight excluding hydrogens is 192 g/mol. The van der Waals surface area contributed by atoms with Crippen LogP contribution in [0.15, 0.2) is 5.38 Å². The molecule has 0 aromatic carbocycles. The number of carbonyl (C=O) groups excluding carboxylic acids is 1. The van der Waals surface area contributed by atoms with Crippen LogP contribution in [0.2, 0.25) is 0 Å². The first-order valence-corrected chi connectivity index (χ1v) is 6.37. The van der Waals surface area contributed by atoms with Crippen LogP contribution < -0.4 is 0 Å². The number of Topliss-reactive ketones (excluding diaryl/α,β-unsaturated/α-hetero) is 1. The van der Waals surface area contributed by atoms with E-state index in [1.165, 1.54) is 29.7 Å². The van der Waals surface area contributed by atoms with Crippen LogP contribution in [0.1, 0.15) is 46.5 Å². The van der Waals surface area contributed by atoms with E-state index in [1.54, 1.807) is 11.3 Å². The molecule has 1 nitrogen and oxygen atoms in total. The lowest BCUT2D eigenvalue weighted by Gasteiger charge is -2.11. The van der Waals surface area contributed by atoms with Gasteiger partial charge in [-0.2, -0.15) is 0 Å². The Kier molecular flexibility index (Phi) is 1.98. The predicted molar refractivity (Wildman–Crippen MR) is 58.0 cm³/mol. The highest BCUT2D eigenvalue weighted by Gasteiger charge is 2.33. The third-order valence-electron chi connectivity index (χ3n) is 3.27. The number of hydrogen-bond donors (Lipinski definition) is 0. The van der Waals surface area contributed by atoms with Gasteiger partial charge in [0.25, 0.3) is 0 Å². The smallest absolute Gasteiger partial charge is 0.167 e. The number of thiophene rings is 1. The highest BCUT2D eigenvalue weighted by molar-refractivity contribution is 7.10. The zero-order valence-corrected chi connectivity index (χ0v) is 9.03. The summed E-state index contributed by atoms with van der Waals surface area (Å²) >= 11 is 1.80. The van der Waals surface area contributed by atoms with Gasteiger partial charge in [-0.1, -0.05) is 0 Å². The number of ketones is 1. The van der Waals surface area contributed by atoms with Gasteiger partial charge in [0, 0.05) is 21.7 Å². The van der Waals surface area contributed by atoms with E-state index < -0.39 is 0 Å². The van der Waals surface area contributed by atoms with Gasteiger partial charge in [-0.25, -0.2) is 0 Å². The van der Waals surface area contributed by atoms with Crippen LogP contribution in [0.3, 0.4) is 0 Å². The summed E-state index contributed by atoms with van der Waals surface area (Å²) in [5.74, 6) is 0.819. The number of fused-ring (bicyclic) bond motifs is 1. The molecule has 1 saturated carbocycles. The zero-order chi connectivity index (χ0) is 9.54. The number of aryl methyl sites for hydroxylation is 1. The van der Waals surface area contributed by atoms with Crippen LogP contribution in [0.5, 0.6) is 0 Å². The van der Waals surface area contributed by atoms with E-state index in [4.69, 9.17) is 0 Å². The highest BCUT2D eigenvalue weighted by atomic mass is 32.1. The Morgan fingerprint density at radius 2 is 2.07 bits per heavy atom. The number of rotatable bonds is 2. The third kappa shape index (κ3) is 1.33. The molecule has 3 rings (SSSR count). The minimum absolute atomic E-state index is 0.385. The molecule has 2 aliphatic rings. The van der Waals surface area contributed by atoms with Crippen molar-refractivity contribution in [2.75, 3.05) is 0 Å². The first kappa shape index (κ1) is 8.66. The molecule has 74 valence electrons. The summed E-state index contributed by atoms with van der Waals surface area (Å²) in [6.07, 6.45) is 7.19. The molecule has 0 saturated heterocycles. The van der Waals surface area contributed by atoms with Gasteiger partial charge < -0.3 is 0 Å². The fourth-order valence-corrected chi connectivity index (χ4v) is 3.40. The fraction of sp³-hybridized carbons (Fsp3) is 0.583. The van der Waals surface area contributed by atoms with Gasteiger partial charge >= 0.3 is 0 Å². The second-order valence-corrected chi connectivity index (χ2v) is 5.36. The number of hydrogen-bond acceptors (Lipinski definition) is 2. The molecule has 0 N–H and O–H groups in total. The van der Waals surface area contributed by atoms with Gasteiger partial charge in [-0.05, 0) is 44.1 Å². The molecular formula is C12H14OS. The lowest BCUT2D eigenvalue weighted by atomic mass is 9.93. The van der Waals surface area contributed by atoms with Crippen molar-refractivity contribution in [1.82, 2.24) is 0 Å². The molecule has 0 radical (unpaired) electrons. The van der Waals surface area contributed by atoms with Crippen LogP contribution in [0, 0.1) is 5.92 Å². The van der Waals surface area contributed by atoms with Crippen molar-refractivity contribution in [1.29, 1.82) is 0 Å². The van der Waals surface area contributed by atoms with Gasteiger partial charge in [0.1, 0.15) is 0 Å². The Balaban J connectivity index is 1.96. The van der Waals surface area contributed by atoms with Crippen LogP contribution in [-0.4, -0.2) is 5.78 Å². The summed E-state index contributed by atoms with van der Waals surface area (Å²) < 4.78 is 0. The molecule has 2 aliphatic carbocycles. The van der Waals surface area contributed by atoms with E-state index in [9.17, 15) is 4.79 Å². The summed E-state index contributed by atoms with van der Waals surface area (Å²) in [6, 6.07) is 0. The quantitative estimate of drug-likeness (QED) is 0.679. The first-order chi connectivity index (χ1) is 6.86. The molecule has 2 heteroatoms. The summed E-state index contributed by atoms with van der Waals surface area (Å²) in [4.78, 5) is 13.4. The molecule has 0 atom stereocenters. The Morgan fingerprint density at radius 3 is 2.86 bits per heavy atom. The topological polar surface area (TPSA) is 17.1 Å². The summed E-state index contributed by atoms with van der Waals surface area (Å²) in [5.41, 5.74) is 2.48. The van der Waals surface area contributed by atoms with Crippen molar-refractivity contribution >= 4 is 17.1 Å². The van der Waals surface area contributed by atoms with E-state index in [2.05, 4.69) is 5.38 Å².